The molecule has 3 N–H and O–H groups in total. The van der Waals surface area contributed by atoms with Gasteiger partial charge in [-0.3, -0.25) is 9.59 Å². The van der Waals surface area contributed by atoms with Gasteiger partial charge in [-0.1, -0.05) is 43.6 Å². The van der Waals surface area contributed by atoms with E-state index in [1.54, 1.807) is 29.2 Å². The maximum Gasteiger partial charge on any atom is 0.335 e. The first-order valence-corrected chi connectivity index (χ1v) is 10.9. The zero-order valence-corrected chi connectivity index (χ0v) is 18.8. The average Bonchev–Trinajstić information content (AvgIpc) is 2.77. The van der Waals surface area contributed by atoms with Gasteiger partial charge in [0.2, 0.25) is 5.91 Å². The van der Waals surface area contributed by atoms with Crippen LogP contribution in [-0.4, -0.2) is 52.0 Å². The standard InChI is InChI=1S/C24H27ClN2O5/c1-15(2)20(26-21(28)16-4-3-5-17(14-16)23(30)31)22(29)27-12-10-24(32,11-13-27)18-6-8-19(25)9-7-18/h3-9,14-15,20,32H,10-13H2,1-2H3,(H,26,28)(H,30,31). The number of carboxylic acid groups (broad SMARTS) is 1. The third-order valence-electron chi connectivity index (χ3n) is 5.87. The Morgan fingerprint density at radius 1 is 1.03 bits per heavy atom. The van der Waals surface area contributed by atoms with Crippen molar-refractivity contribution in [2.24, 2.45) is 5.92 Å². The Kier molecular flexibility index (Phi) is 7.21. The summed E-state index contributed by atoms with van der Waals surface area (Å²) in [6, 6.07) is 12.0. The number of benzene rings is 2. The quantitative estimate of drug-likeness (QED) is 0.615. The molecule has 2 aromatic rings. The van der Waals surface area contributed by atoms with Crippen molar-refractivity contribution in [1.29, 1.82) is 0 Å². The van der Waals surface area contributed by atoms with Crippen molar-refractivity contribution in [2.45, 2.75) is 38.3 Å². The number of aromatic carboxylic acids is 1. The van der Waals surface area contributed by atoms with E-state index >= 15 is 0 Å². The molecule has 3 rings (SSSR count). The van der Waals surface area contributed by atoms with E-state index < -0.39 is 23.5 Å². The molecule has 8 heteroatoms. The Balaban J connectivity index is 1.68. The first-order valence-electron chi connectivity index (χ1n) is 10.5. The van der Waals surface area contributed by atoms with Crippen LogP contribution < -0.4 is 5.32 Å². The van der Waals surface area contributed by atoms with E-state index in [2.05, 4.69) is 5.32 Å². The van der Waals surface area contributed by atoms with Crippen LogP contribution in [0.15, 0.2) is 48.5 Å². The van der Waals surface area contributed by atoms with Gasteiger partial charge < -0.3 is 20.4 Å². The Morgan fingerprint density at radius 3 is 2.19 bits per heavy atom. The molecule has 1 aliphatic heterocycles. The number of carboxylic acids is 1. The smallest absolute Gasteiger partial charge is 0.335 e. The lowest BCUT2D eigenvalue weighted by molar-refractivity contribution is -0.138. The fraction of sp³-hybridized carbons (Fsp3) is 0.375. The Morgan fingerprint density at radius 2 is 1.62 bits per heavy atom. The van der Waals surface area contributed by atoms with E-state index in [1.165, 1.54) is 24.3 Å². The maximum absolute atomic E-state index is 13.2. The third-order valence-corrected chi connectivity index (χ3v) is 6.13. The van der Waals surface area contributed by atoms with Crippen LogP contribution in [0, 0.1) is 5.92 Å². The summed E-state index contributed by atoms with van der Waals surface area (Å²) in [7, 11) is 0. The van der Waals surface area contributed by atoms with E-state index in [0.717, 1.165) is 5.56 Å². The minimum Gasteiger partial charge on any atom is -0.478 e. The molecule has 1 unspecified atom stereocenters. The zero-order chi connectivity index (χ0) is 23.5. The van der Waals surface area contributed by atoms with Gasteiger partial charge in [-0.25, -0.2) is 4.79 Å². The van der Waals surface area contributed by atoms with E-state index in [1.807, 2.05) is 13.8 Å². The summed E-state index contributed by atoms with van der Waals surface area (Å²) in [5.41, 5.74) is -0.0856. The van der Waals surface area contributed by atoms with Gasteiger partial charge in [-0.2, -0.15) is 0 Å². The minimum absolute atomic E-state index is 0.00240. The molecule has 1 aliphatic rings. The molecular weight excluding hydrogens is 432 g/mol. The number of carbonyl (C=O) groups excluding carboxylic acids is 2. The number of piperidine rings is 1. The molecule has 0 saturated carbocycles. The molecule has 0 spiro atoms. The SMILES string of the molecule is CC(C)C(NC(=O)c1cccc(C(=O)O)c1)C(=O)N1CCC(O)(c2ccc(Cl)cc2)CC1. The topological polar surface area (TPSA) is 107 Å². The number of hydrogen-bond donors (Lipinski definition) is 3. The zero-order valence-electron chi connectivity index (χ0n) is 18.0. The molecule has 0 radical (unpaired) electrons. The maximum atomic E-state index is 13.2. The number of likely N-dealkylation sites (tertiary alicyclic amines) is 1. The molecule has 1 saturated heterocycles. The molecule has 2 amide bonds. The third kappa shape index (κ3) is 5.29. The molecule has 32 heavy (non-hydrogen) atoms. The number of nitrogens with zero attached hydrogens (tertiary/aromatic N) is 1. The van der Waals surface area contributed by atoms with Gasteiger partial charge in [0, 0.05) is 23.7 Å². The molecule has 0 aromatic heterocycles. The molecule has 0 bridgehead atoms. The van der Waals surface area contributed by atoms with Crippen LogP contribution in [-0.2, 0) is 10.4 Å². The van der Waals surface area contributed by atoms with Gasteiger partial charge in [0.15, 0.2) is 0 Å². The predicted octanol–water partition coefficient (Wildman–Crippen LogP) is 3.30. The lowest BCUT2D eigenvalue weighted by Crippen LogP contribution is -2.54. The summed E-state index contributed by atoms with van der Waals surface area (Å²) in [5, 5.41) is 23.5. The number of amides is 2. The monoisotopic (exact) mass is 458 g/mol. The average molecular weight is 459 g/mol. The highest BCUT2D eigenvalue weighted by Crippen LogP contribution is 2.33. The molecule has 7 nitrogen and oxygen atoms in total. The molecule has 170 valence electrons. The first kappa shape index (κ1) is 23.8. The van der Waals surface area contributed by atoms with Gasteiger partial charge in [0.1, 0.15) is 6.04 Å². The summed E-state index contributed by atoms with van der Waals surface area (Å²) in [6.07, 6.45) is 0.750. The molecule has 1 atom stereocenters. The lowest BCUT2D eigenvalue weighted by atomic mass is 9.84. The number of carbonyl (C=O) groups is 3. The summed E-state index contributed by atoms with van der Waals surface area (Å²) in [6.45, 7) is 4.38. The van der Waals surface area contributed by atoms with E-state index in [0.29, 0.717) is 31.0 Å². The van der Waals surface area contributed by atoms with Gasteiger partial charge >= 0.3 is 5.97 Å². The molecule has 0 aliphatic carbocycles. The fourth-order valence-corrected chi connectivity index (χ4v) is 4.00. The van der Waals surface area contributed by atoms with Gasteiger partial charge in [0.05, 0.1) is 11.2 Å². The highest BCUT2D eigenvalue weighted by atomic mass is 35.5. The highest BCUT2D eigenvalue weighted by molar-refractivity contribution is 6.30. The van der Waals surface area contributed by atoms with Crippen molar-refractivity contribution in [3.8, 4) is 0 Å². The Hall–Kier alpha value is -2.90. The second-order valence-electron chi connectivity index (χ2n) is 8.44. The van der Waals surface area contributed by atoms with Crippen molar-refractivity contribution in [3.63, 3.8) is 0 Å². The van der Waals surface area contributed by atoms with Crippen LogP contribution in [0.4, 0.5) is 0 Å². The van der Waals surface area contributed by atoms with Gasteiger partial charge in [-0.05, 0) is 54.7 Å². The Bertz CT molecular complexity index is 998. The van der Waals surface area contributed by atoms with Crippen LogP contribution in [0.2, 0.25) is 5.02 Å². The second kappa shape index (κ2) is 9.71. The second-order valence-corrected chi connectivity index (χ2v) is 8.88. The van der Waals surface area contributed by atoms with Crippen LogP contribution >= 0.6 is 11.6 Å². The number of hydrogen-bond acceptors (Lipinski definition) is 4. The van der Waals surface area contributed by atoms with E-state index in [-0.39, 0.29) is 23.0 Å². The number of rotatable bonds is 6. The minimum atomic E-state index is -1.13. The fourth-order valence-electron chi connectivity index (χ4n) is 3.87. The molecule has 2 aromatic carbocycles. The predicted molar refractivity (Wildman–Crippen MR) is 121 cm³/mol. The van der Waals surface area contributed by atoms with Crippen LogP contribution in [0.5, 0.6) is 0 Å². The summed E-state index contributed by atoms with van der Waals surface area (Å²) >= 11 is 5.94. The molecule has 1 fully saturated rings. The molecular formula is C24H27ClN2O5. The van der Waals surface area contributed by atoms with Gasteiger partial charge in [0.25, 0.3) is 5.91 Å². The van der Waals surface area contributed by atoms with Crippen LogP contribution in [0.3, 0.4) is 0 Å². The first-order chi connectivity index (χ1) is 15.1. The van der Waals surface area contributed by atoms with Crippen molar-refractivity contribution >= 4 is 29.4 Å². The van der Waals surface area contributed by atoms with E-state index in [9.17, 15) is 19.5 Å². The van der Waals surface area contributed by atoms with Crippen LogP contribution in [0.1, 0.15) is 53.0 Å². The normalized spacial score (nSPS) is 16.5. The summed E-state index contributed by atoms with van der Waals surface area (Å²) < 4.78 is 0. The molecule has 1 heterocycles. The highest BCUT2D eigenvalue weighted by Gasteiger charge is 2.38. The van der Waals surface area contributed by atoms with Crippen LogP contribution in [0.25, 0.3) is 0 Å². The Labute approximate surface area is 192 Å². The number of nitrogens with one attached hydrogen (secondary N) is 1. The number of aliphatic hydroxyl groups is 1. The largest absolute Gasteiger partial charge is 0.478 e. The van der Waals surface area contributed by atoms with Crippen molar-refractivity contribution in [1.82, 2.24) is 10.2 Å². The van der Waals surface area contributed by atoms with Crippen molar-refractivity contribution in [2.75, 3.05) is 13.1 Å². The summed E-state index contributed by atoms with van der Waals surface area (Å²) in [4.78, 5) is 38.7. The summed E-state index contributed by atoms with van der Waals surface area (Å²) in [5.74, 6) is -2.03. The van der Waals surface area contributed by atoms with Crippen molar-refractivity contribution in [3.05, 3.63) is 70.2 Å². The van der Waals surface area contributed by atoms with Crippen molar-refractivity contribution < 1.29 is 24.6 Å². The number of halogens is 1. The van der Waals surface area contributed by atoms with E-state index in [4.69, 9.17) is 16.7 Å². The van der Waals surface area contributed by atoms with Gasteiger partial charge in [-0.15, -0.1) is 0 Å². The lowest BCUT2D eigenvalue weighted by Gasteiger charge is -2.40.